The first-order valence-electron chi connectivity index (χ1n) is 10.1. The Labute approximate surface area is 176 Å². The summed E-state index contributed by atoms with van der Waals surface area (Å²) in [5.41, 5.74) is 0.834. The third kappa shape index (κ3) is 4.15. The van der Waals surface area contributed by atoms with Gasteiger partial charge in [-0.05, 0) is 36.1 Å². The Morgan fingerprint density at radius 3 is 2.17 bits per heavy atom. The number of carbonyl (C=O) groups excluding carboxylic acids is 3. The fourth-order valence-corrected chi connectivity index (χ4v) is 3.70. The molecule has 0 saturated carbocycles. The Balaban J connectivity index is 1.80. The van der Waals surface area contributed by atoms with Crippen molar-refractivity contribution in [2.24, 2.45) is 0 Å². The van der Waals surface area contributed by atoms with E-state index >= 15 is 0 Å². The van der Waals surface area contributed by atoms with E-state index in [2.05, 4.69) is 10.6 Å². The van der Waals surface area contributed by atoms with Gasteiger partial charge in [0.05, 0.1) is 13.2 Å². The van der Waals surface area contributed by atoms with Gasteiger partial charge in [-0.2, -0.15) is 0 Å². The molecule has 158 valence electrons. The van der Waals surface area contributed by atoms with Crippen molar-refractivity contribution >= 4 is 17.8 Å². The Bertz CT molecular complexity index is 908. The molecule has 1 atom stereocenters. The molecule has 2 aromatic carbocycles. The van der Waals surface area contributed by atoms with E-state index in [1.54, 1.807) is 7.11 Å². The lowest BCUT2D eigenvalue weighted by molar-refractivity contribution is -0.135. The molecule has 0 radical (unpaired) electrons. The predicted octanol–water partition coefficient (Wildman–Crippen LogP) is 3.01. The lowest BCUT2D eigenvalue weighted by atomic mass is 9.93. The quantitative estimate of drug-likeness (QED) is 0.656. The zero-order chi connectivity index (χ0) is 21.7. The smallest absolute Gasteiger partial charge is 0.325 e. The lowest BCUT2D eigenvalue weighted by Crippen LogP contribution is -2.47. The summed E-state index contributed by atoms with van der Waals surface area (Å²) in [5.74, 6) is -0.0498. The minimum absolute atomic E-state index is 0.327. The lowest BCUT2D eigenvalue weighted by Gasteiger charge is -2.24. The number of nitrogens with one attached hydrogen (secondary N) is 2. The van der Waals surface area contributed by atoms with Gasteiger partial charge in [0.15, 0.2) is 0 Å². The molecule has 0 aliphatic carbocycles. The van der Waals surface area contributed by atoms with Crippen LogP contribution in [0.3, 0.4) is 0 Å². The van der Waals surface area contributed by atoms with Crippen LogP contribution in [-0.2, 0) is 9.59 Å². The summed E-state index contributed by atoms with van der Waals surface area (Å²) in [6, 6.07) is 16.0. The summed E-state index contributed by atoms with van der Waals surface area (Å²) in [6.07, 6.45) is 0.954. The first-order chi connectivity index (χ1) is 14.4. The van der Waals surface area contributed by atoms with Crippen molar-refractivity contribution < 1.29 is 19.1 Å². The number of nitrogens with zero attached hydrogens (tertiary/aromatic N) is 1. The molecule has 4 amide bonds. The highest BCUT2D eigenvalue weighted by atomic mass is 16.5. The molecule has 2 N–H and O–H groups in total. The second kappa shape index (κ2) is 8.98. The highest BCUT2D eigenvalue weighted by molar-refractivity contribution is 6.09. The molecule has 1 heterocycles. The van der Waals surface area contributed by atoms with E-state index in [0.717, 1.165) is 16.0 Å². The molecule has 1 saturated heterocycles. The molecule has 30 heavy (non-hydrogen) atoms. The van der Waals surface area contributed by atoms with E-state index < -0.39 is 23.5 Å². The maximum absolute atomic E-state index is 12.8. The average Bonchev–Trinajstić information content (AvgIpc) is 3.02. The van der Waals surface area contributed by atoms with Gasteiger partial charge in [0, 0.05) is 0 Å². The van der Waals surface area contributed by atoms with Gasteiger partial charge in [-0.25, -0.2) is 4.79 Å². The molecule has 2 aromatic rings. The van der Waals surface area contributed by atoms with Crippen molar-refractivity contribution in [3.8, 4) is 5.75 Å². The molecule has 1 aliphatic rings. The fourth-order valence-electron chi connectivity index (χ4n) is 3.70. The van der Waals surface area contributed by atoms with Gasteiger partial charge in [-0.15, -0.1) is 0 Å². The maximum Gasteiger partial charge on any atom is 0.325 e. The van der Waals surface area contributed by atoms with Crippen molar-refractivity contribution in [2.75, 3.05) is 13.7 Å². The number of ether oxygens (including phenoxy) is 1. The molecule has 0 bridgehead atoms. The maximum atomic E-state index is 12.8. The SMILES string of the molecule is CCC1(CC)NC(=O)N(CC(=O)N[C@@H](c2ccccc2)c2ccc(OC)cc2)C1=O. The Kier molecular flexibility index (Phi) is 6.40. The standard InChI is InChI=1S/C23H27N3O4/c1-4-23(5-2)21(28)26(22(29)25-23)15-19(27)24-20(16-9-7-6-8-10-16)17-11-13-18(30-3)14-12-17/h6-14,20H,4-5,15H2,1-3H3,(H,24,27)(H,25,29)/t20-/m0/s1. The number of benzene rings is 2. The Morgan fingerprint density at radius 1 is 1.03 bits per heavy atom. The minimum Gasteiger partial charge on any atom is -0.497 e. The predicted molar refractivity (Wildman–Crippen MR) is 113 cm³/mol. The molecule has 7 nitrogen and oxygen atoms in total. The third-order valence-electron chi connectivity index (χ3n) is 5.64. The van der Waals surface area contributed by atoms with E-state index in [1.807, 2.05) is 68.4 Å². The highest BCUT2D eigenvalue weighted by Crippen LogP contribution is 2.26. The second-order valence-electron chi connectivity index (χ2n) is 7.30. The van der Waals surface area contributed by atoms with Crippen LogP contribution >= 0.6 is 0 Å². The number of rotatable bonds is 8. The second-order valence-corrected chi connectivity index (χ2v) is 7.30. The first kappa shape index (κ1) is 21.4. The van der Waals surface area contributed by atoms with Crippen molar-refractivity contribution in [2.45, 2.75) is 38.3 Å². The molecule has 0 spiro atoms. The zero-order valence-electron chi connectivity index (χ0n) is 17.5. The zero-order valence-corrected chi connectivity index (χ0v) is 17.5. The number of hydrogen-bond acceptors (Lipinski definition) is 4. The van der Waals surface area contributed by atoms with Crippen LogP contribution in [0.25, 0.3) is 0 Å². The van der Waals surface area contributed by atoms with Crippen LogP contribution < -0.4 is 15.4 Å². The number of methoxy groups -OCH3 is 1. The van der Waals surface area contributed by atoms with Gasteiger partial charge in [0.1, 0.15) is 17.8 Å². The molecule has 0 unspecified atom stereocenters. The minimum atomic E-state index is -0.924. The van der Waals surface area contributed by atoms with E-state index in [9.17, 15) is 14.4 Å². The summed E-state index contributed by atoms with van der Waals surface area (Å²) in [7, 11) is 1.59. The van der Waals surface area contributed by atoms with Crippen molar-refractivity contribution in [1.82, 2.24) is 15.5 Å². The molecule has 7 heteroatoms. The molecule has 0 aromatic heterocycles. The van der Waals surface area contributed by atoms with Gasteiger partial charge < -0.3 is 15.4 Å². The van der Waals surface area contributed by atoms with Gasteiger partial charge in [-0.3, -0.25) is 14.5 Å². The van der Waals surface area contributed by atoms with Gasteiger partial charge in [-0.1, -0.05) is 56.3 Å². The average molecular weight is 409 g/mol. The van der Waals surface area contributed by atoms with Crippen molar-refractivity contribution in [3.05, 3.63) is 65.7 Å². The van der Waals surface area contributed by atoms with Crippen LogP contribution in [0.4, 0.5) is 4.79 Å². The molecular weight excluding hydrogens is 382 g/mol. The normalized spacial score (nSPS) is 16.2. The van der Waals surface area contributed by atoms with Crippen LogP contribution in [-0.4, -0.2) is 41.9 Å². The molecule has 3 rings (SSSR count). The monoisotopic (exact) mass is 409 g/mol. The molecular formula is C23H27N3O4. The van der Waals surface area contributed by atoms with E-state index in [4.69, 9.17) is 4.74 Å². The number of urea groups is 1. The topological polar surface area (TPSA) is 87.7 Å². The van der Waals surface area contributed by atoms with Crippen LogP contribution in [0, 0.1) is 0 Å². The van der Waals surface area contributed by atoms with Gasteiger partial charge in [0.25, 0.3) is 5.91 Å². The van der Waals surface area contributed by atoms with E-state index in [0.29, 0.717) is 18.6 Å². The van der Waals surface area contributed by atoms with Crippen LogP contribution in [0.15, 0.2) is 54.6 Å². The first-order valence-corrected chi connectivity index (χ1v) is 10.1. The number of imide groups is 1. The van der Waals surface area contributed by atoms with Crippen molar-refractivity contribution in [1.29, 1.82) is 0 Å². The largest absolute Gasteiger partial charge is 0.497 e. The van der Waals surface area contributed by atoms with Crippen LogP contribution in [0.2, 0.25) is 0 Å². The van der Waals surface area contributed by atoms with Crippen LogP contribution in [0.5, 0.6) is 5.75 Å². The fraction of sp³-hybridized carbons (Fsp3) is 0.348. The van der Waals surface area contributed by atoms with E-state index in [1.165, 1.54) is 0 Å². The summed E-state index contributed by atoms with van der Waals surface area (Å²) in [4.78, 5) is 39.0. The Hall–Kier alpha value is -3.35. The molecule has 1 aliphatic heterocycles. The summed E-state index contributed by atoms with van der Waals surface area (Å²) >= 11 is 0. The van der Waals surface area contributed by atoms with Crippen molar-refractivity contribution in [3.63, 3.8) is 0 Å². The van der Waals surface area contributed by atoms with Gasteiger partial charge in [0.2, 0.25) is 5.91 Å². The van der Waals surface area contributed by atoms with Crippen LogP contribution in [0.1, 0.15) is 43.9 Å². The third-order valence-corrected chi connectivity index (χ3v) is 5.64. The summed E-state index contributed by atoms with van der Waals surface area (Å²) in [5, 5.41) is 5.71. The highest BCUT2D eigenvalue weighted by Gasteiger charge is 2.49. The number of carbonyl (C=O) groups is 3. The summed E-state index contributed by atoms with van der Waals surface area (Å²) in [6.45, 7) is 3.37. The number of amides is 4. The summed E-state index contributed by atoms with van der Waals surface area (Å²) < 4.78 is 5.21. The Morgan fingerprint density at radius 2 is 1.63 bits per heavy atom. The number of hydrogen-bond donors (Lipinski definition) is 2. The van der Waals surface area contributed by atoms with Gasteiger partial charge >= 0.3 is 6.03 Å². The molecule has 1 fully saturated rings. The van der Waals surface area contributed by atoms with E-state index in [-0.39, 0.29) is 12.5 Å².